The first-order valence-electron chi connectivity index (χ1n) is 6.18. The molecular weight excluding hydrogens is 188 g/mol. The number of rotatable bonds is 8. The summed E-state index contributed by atoms with van der Waals surface area (Å²) in [4.78, 5) is 10.9. The Bertz CT molecular complexity index is 164. The lowest BCUT2D eigenvalue weighted by molar-refractivity contribution is -0.140. The average molecular weight is 214 g/mol. The molecule has 0 rings (SSSR count). The molecule has 0 aliphatic heterocycles. The second-order valence-corrected chi connectivity index (χ2v) is 4.61. The molecule has 90 valence electrons. The smallest absolute Gasteiger partial charge is 0.305 e. The largest absolute Gasteiger partial charge is 0.469 e. The van der Waals surface area contributed by atoms with Crippen LogP contribution in [0.25, 0.3) is 0 Å². The third-order valence-electron chi connectivity index (χ3n) is 3.04. The van der Waals surface area contributed by atoms with E-state index in [0.29, 0.717) is 6.42 Å². The van der Waals surface area contributed by atoms with Crippen molar-refractivity contribution >= 4 is 5.97 Å². The summed E-state index contributed by atoms with van der Waals surface area (Å²) in [5.41, 5.74) is 0. The van der Waals surface area contributed by atoms with Crippen molar-refractivity contribution in [1.29, 1.82) is 0 Å². The lowest BCUT2D eigenvalue weighted by Gasteiger charge is -2.19. The van der Waals surface area contributed by atoms with Gasteiger partial charge in [0.15, 0.2) is 0 Å². The molecule has 0 heterocycles. The van der Waals surface area contributed by atoms with Crippen LogP contribution < -0.4 is 0 Å². The lowest BCUT2D eigenvalue weighted by atomic mass is 9.87. The molecule has 1 unspecified atom stereocenters. The van der Waals surface area contributed by atoms with Crippen molar-refractivity contribution < 1.29 is 9.53 Å². The summed E-state index contributed by atoms with van der Waals surface area (Å²) in [7, 11) is 1.45. The fourth-order valence-corrected chi connectivity index (χ4v) is 1.96. The van der Waals surface area contributed by atoms with E-state index in [1.807, 2.05) is 0 Å². The Labute approximate surface area is 94.4 Å². The number of ether oxygens (including phenoxy) is 1. The molecule has 0 aliphatic rings. The van der Waals surface area contributed by atoms with Gasteiger partial charge in [0.1, 0.15) is 0 Å². The van der Waals surface area contributed by atoms with Gasteiger partial charge in [-0.15, -0.1) is 0 Å². The molecule has 0 aromatic heterocycles. The fraction of sp³-hybridized carbons (Fsp3) is 0.923. The molecule has 2 heteroatoms. The molecule has 0 bridgehead atoms. The normalized spacial score (nSPS) is 12.9. The Kier molecular flexibility index (Phi) is 8.44. The van der Waals surface area contributed by atoms with E-state index < -0.39 is 0 Å². The number of hydrogen-bond acceptors (Lipinski definition) is 2. The van der Waals surface area contributed by atoms with Crippen molar-refractivity contribution in [3.05, 3.63) is 0 Å². The molecule has 0 saturated carbocycles. The molecular formula is C13H26O2. The van der Waals surface area contributed by atoms with Crippen LogP contribution in [0, 0.1) is 11.8 Å². The summed E-state index contributed by atoms with van der Waals surface area (Å²) in [6.07, 6.45) is 6.53. The maximum absolute atomic E-state index is 10.9. The minimum absolute atomic E-state index is 0.0772. The molecule has 2 nitrogen and oxygen atoms in total. The van der Waals surface area contributed by atoms with Crippen LogP contribution in [0.1, 0.15) is 59.3 Å². The third-order valence-corrected chi connectivity index (χ3v) is 3.04. The van der Waals surface area contributed by atoms with Gasteiger partial charge >= 0.3 is 5.97 Å². The second-order valence-electron chi connectivity index (χ2n) is 4.61. The number of carbonyl (C=O) groups excluding carboxylic acids is 1. The van der Waals surface area contributed by atoms with Crippen LogP contribution in [0.3, 0.4) is 0 Å². The molecule has 1 atom stereocenters. The van der Waals surface area contributed by atoms with Crippen molar-refractivity contribution in [3.63, 3.8) is 0 Å². The van der Waals surface area contributed by atoms with E-state index in [0.717, 1.165) is 24.7 Å². The van der Waals surface area contributed by atoms with E-state index in [-0.39, 0.29) is 5.97 Å². The van der Waals surface area contributed by atoms with Gasteiger partial charge in [-0.05, 0) is 18.3 Å². The van der Waals surface area contributed by atoms with Gasteiger partial charge < -0.3 is 4.74 Å². The number of carbonyl (C=O) groups is 1. The predicted octanol–water partition coefficient (Wildman–Crippen LogP) is 3.79. The highest BCUT2D eigenvalue weighted by Crippen LogP contribution is 2.23. The molecule has 15 heavy (non-hydrogen) atoms. The van der Waals surface area contributed by atoms with E-state index in [9.17, 15) is 4.79 Å². The summed E-state index contributed by atoms with van der Waals surface area (Å²) in [6.45, 7) is 6.82. The number of esters is 1. The van der Waals surface area contributed by atoms with Crippen LogP contribution in [-0.2, 0) is 9.53 Å². The van der Waals surface area contributed by atoms with Crippen LogP contribution >= 0.6 is 0 Å². The van der Waals surface area contributed by atoms with Gasteiger partial charge in [-0.2, -0.15) is 0 Å². The molecule has 0 saturated heterocycles. The first-order chi connectivity index (χ1) is 7.11. The minimum atomic E-state index is -0.0772. The lowest BCUT2D eigenvalue weighted by Crippen LogP contribution is -2.08. The van der Waals surface area contributed by atoms with Gasteiger partial charge in [0.25, 0.3) is 0 Å². The molecule has 0 N–H and O–H groups in total. The Hall–Kier alpha value is -0.530. The summed E-state index contributed by atoms with van der Waals surface area (Å²) in [5.74, 6) is 1.52. The zero-order valence-electron chi connectivity index (χ0n) is 10.7. The Morgan fingerprint density at radius 1 is 1.20 bits per heavy atom. The highest BCUT2D eigenvalue weighted by molar-refractivity contribution is 5.68. The minimum Gasteiger partial charge on any atom is -0.469 e. The first kappa shape index (κ1) is 14.5. The highest BCUT2D eigenvalue weighted by atomic mass is 16.5. The van der Waals surface area contributed by atoms with Crippen molar-refractivity contribution in [2.24, 2.45) is 11.8 Å². The van der Waals surface area contributed by atoms with E-state index in [1.54, 1.807) is 0 Å². The summed E-state index contributed by atoms with van der Waals surface area (Å²) in [5, 5.41) is 0. The zero-order valence-corrected chi connectivity index (χ0v) is 10.7. The molecule has 0 radical (unpaired) electrons. The van der Waals surface area contributed by atoms with E-state index in [1.165, 1.54) is 26.4 Å². The first-order valence-corrected chi connectivity index (χ1v) is 6.18. The van der Waals surface area contributed by atoms with Crippen LogP contribution in [0.5, 0.6) is 0 Å². The second kappa shape index (κ2) is 8.75. The highest BCUT2D eigenvalue weighted by Gasteiger charge is 2.12. The van der Waals surface area contributed by atoms with Gasteiger partial charge in [0.2, 0.25) is 0 Å². The Morgan fingerprint density at radius 3 is 2.33 bits per heavy atom. The van der Waals surface area contributed by atoms with Crippen molar-refractivity contribution in [2.75, 3.05) is 7.11 Å². The van der Waals surface area contributed by atoms with Crippen LogP contribution in [0.15, 0.2) is 0 Å². The van der Waals surface area contributed by atoms with E-state index in [4.69, 9.17) is 0 Å². The van der Waals surface area contributed by atoms with Crippen LogP contribution in [0.4, 0.5) is 0 Å². The molecule has 0 fully saturated rings. The van der Waals surface area contributed by atoms with Gasteiger partial charge in [0, 0.05) is 6.42 Å². The third kappa shape index (κ3) is 7.40. The van der Waals surface area contributed by atoms with Crippen LogP contribution in [0.2, 0.25) is 0 Å². The predicted molar refractivity (Wildman–Crippen MR) is 63.7 cm³/mol. The number of unbranched alkanes of at least 4 members (excludes halogenated alkanes) is 1. The standard InChI is InChI=1S/C13H26O2/c1-5-8-12(11(2)3)9-6-7-10-13(14)15-4/h11-12H,5-10H2,1-4H3. The maximum Gasteiger partial charge on any atom is 0.305 e. The maximum atomic E-state index is 10.9. The Morgan fingerprint density at radius 2 is 1.87 bits per heavy atom. The zero-order chi connectivity index (χ0) is 11.7. The van der Waals surface area contributed by atoms with Crippen LogP contribution in [-0.4, -0.2) is 13.1 Å². The van der Waals surface area contributed by atoms with Gasteiger partial charge in [0.05, 0.1) is 7.11 Å². The van der Waals surface area contributed by atoms with Gasteiger partial charge in [-0.1, -0.05) is 46.5 Å². The number of hydrogen-bond donors (Lipinski definition) is 0. The molecule has 0 amide bonds. The van der Waals surface area contributed by atoms with E-state index >= 15 is 0 Å². The van der Waals surface area contributed by atoms with Gasteiger partial charge in [-0.3, -0.25) is 4.79 Å². The average Bonchev–Trinajstić information content (AvgIpc) is 2.21. The van der Waals surface area contributed by atoms with Crippen molar-refractivity contribution in [2.45, 2.75) is 59.3 Å². The summed E-state index contributed by atoms with van der Waals surface area (Å²) < 4.78 is 4.61. The molecule has 0 spiro atoms. The number of methoxy groups -OCH3 is 1. The quantitative estimate of drug-likeness (QED) is 0.454. The Balaban J connectivity index is 3.57. The van der Waals surface area contributed by atoms with Crippen molar-refractivity contribution in [3.8, 4) is 0 Å². The molecule has 0 aliphatic carbocycles. The SMILES string of the molecule is CCCC(CCCCC(=O)OC)C(C)C. The monoisotopic (exact) mass is 214 g/mol. The molecule has 0 aromatic rings. The molecule has 0 aromatic carbocycles. The summed E-state index contributed by atoms with van der Waals surface area (Å²) in [6, 6.07) is 0. The fourth-order valence-electron chi connectivity index (χ4n) is 1.96. The topological polar surface area (TPSA) is 26.3 Å². The van der Waals surface area contributed by atoms with Crippen molar-refractivity contribution in [1.82, 2.24) is 0 Å². The summed E-state index contributed by atoms with van der Waals surface area (Å²) >= 11 is 0. The van der Waals surface area contributed by atoms with Gasteiger partial charge in [-0.25, -0.2) is 0 Å². The van der Waals surface area contributed by atoms with E-state index in [2.05, 4.69) is 25.5 Å².